The largest absolute Gasteiger partial charge is 0.454 e. The summed E-state index contributed by atoms with van der Waals surface area (Å²) in [6, 6.07) is 6.15. The van der Waals surface area contributed by atoms with Gasteiger partial charge in [0.05, 0.1) is 5.60 Å². The van der Waals surface area contributed by atoms with E-state index >= 15 is 0 Å². The second-order valence-electron chi connectivity index (χ2n) is 5.32. The van der Waals surface area contributed by atoms with Gasteiger partial charge >= 0.3 is 0 Å². The zero-order valence-electron chi connectivity index (χ0n) is 10.4. The monoisotopic (exact) mass is 249 g/mol. The molecule has 1 aromatic carbocycles. The van der Waals surface area contributed by atoms with Crippen LogP contribution in [0.15, 0.2) is 18.2 Å². The van der Waals surface area contributed by atoms with Crippen LogP contribution in [0.3, 0.4) is 0 Å². The second kappa shape index (κ2) is 4.44. The van der Waals surface area contributed by atoms with Gasteiger partial charge in [0, 0.05) is 6.54 Å². The molecule has 18 heavy (non-hydrogen) atoms. The smallest absolute Gasteiger partial charge is 0.231 e. The highest BCUT2D eigenvalue weighted by Crippen LogP contribution is 2.41. The number of nitrogens with two attached hydrogens (primary N) is 1. The maximum absolute atomic E-state index is 10.1. The van der Waals surface area contributed by atoms with Crippen molar-refractivity contribution in [2.75, 3.05) is 13.3 Å². The van der Waals surface area contributed by atoms with E-state index in [0.717, 1.165) is 37.2 Å². The lowest BCUT2D eigenvalue weighted by Crippen LogP contribution is -2.40. The molecule has 0 amide bonds. The van der Waals surface area contributed by atoms with Crippen molar-refractivity contribution in [2.45, 2.75) is 37.2 Å². The van der Waals surface area contributed by atoms with Gasteiger partial charge in [-0.05, 0) is 49.3 Å². The SMILES string of the molecule is NCC1(O)CCC(c2ccc3c(c2)OCO3)CC1. The fourth-order valence-corrected chi connectivity index (χ4v) is 2.86. The van der Waals surface area contributed by atoms with Crippen molar-refractivity contribution in [2.24, 2.45) is 5.73 Å². The number of ether oxygens (including phenoxy) is 2. The van der Waals surface area contributed by atoms with Crippen molar-refractivity contribution in [3.8, 4) is 11.5 Å². The first kappa shape index (κ1) is 11.8. The lowest BCUT2D eigenvalue weighted by Gasteiger charge is -2.35. The summed E-state index contributed by atoms with van der Waals surface area (Å²) in [6.45, 7) is 0.678. The predicted octanol–water partition coefficient (Wildman–Crippen LogP) is 1.76. The minimum atomic E-state index is -0.646. The normalized spacial score (nSPS) is 30.4. The lowest BCUT2D eigenvalue weighted by molar-refractivity contribution is 0.00766. The van der Waals surface area contributed by atoms with Gasteiger partial charge in [-0.2, -0.15) is 0 Å². The molecule has 1 aliphatic carbocycles. The van der Waals surface area contributed by atoms with Crippen molar-refractivity contribution in [3.05, 3.63) is 23.8 Å². The Morgan fingerprint density at radius 3 is 2.67 bits per heavy atom. The Hall–Kier alpha value is -1.26. The van der Waals surface area contributed by atoms with E-state index in [1.165, 1.54) is 5.56 Å². The van der Waals surface area contributed by atoms with Crippen LogP contribution in [0.25, 0.3) is 0 Å². The van der Waals surface area contributed by atoms with E-state index in [2.05, 4.69) is 12.1 Å². The minimum absolute atomic E-state index is 0.316. The number of fused-ring (bicyclic) bond motifs is 1. The maximum Gasteiger partial charge on any atom is 0.231 e. The van der Waals surface area contributed by atoms with Crippen LogP contribution in [0.5, 0.6) is 11.5 Å². The number of aliphatic hydroxyl groups is 1. The average molecular weight is 249 g/mol. The molecule has 0 bridgehead atoms. The fraction of sp³-hybridized carbons (Fsp3) is 0.571. The van der Waals surface area contributed by atoms with Gasteiger partial charge in [0.25, 0.3) is 0 Å². The Labute approximate surface area is 107 Å². The zero-order valence-corrected chi connectivity index (χ0v) is 10.4. The van der Waals surface area contributed by atoms with Gasteiger partial charge in [-0.3, -0.25) is 0 Å². The van der Waals surface area contributed by atoms with E-state index in [1.807, 2.05) is 6.07 Å². The van der Waals surface area contributed by atoms with Crippen molar-refractivity contribution in [3.63, 3.8) is 0 Å². The Balaban J connectivity index is 1.73. The molecule has 0 atom stereocenters. The highest BCUT2D eigenvalue weighted by molar-refractivity contribution is 5.45. The van der Waals surface area contributed by atoms with Crippen LogP contribution in [-0.2, 0) is 0 Å². The van der Waals surface area contributed by atoms with Crippen LogP contribution in [0.1, 0.15) is 37.2 Å². The standard InChI is InChI=1S/C14H19NO3/c15-8-14(16)5-3-10(4-6-14)11-1-2-12-13(7-11)18-9-17-12/h1-2,7,10,16H,3-6,8-9,15H2. The van der Waals surface area contributed by atoms with Gasteiger partial charge in [0.2, 0.25) is 6.79 Å². The number of hydrogen-bond acceptors (Lipinski definition) is 4. The number of hydrogen-bond donors (Lipinski definition) is 2. The highest BCUT2D eigenvalue weighted by Gasteiger charge is 2.32. The summed E-state index contributed by atoms with van der Waals surface area (Å²) < 4.78 is 10.7. The van der Waals surface area contributed by atoms with E-state index in [0.29, 0.717) is 19.3 Å². The third-order valence-corrected chi connectivity index (χ3v) is 4.16. The van der Waals surface area contributed by atoms with Gasteiger partial charge in [0.1, 0.15) is 0 Å². The van der Waals surface area contributed by atoms with Gasteiger partial charge < -0.3 is 20.3 Å². The second-order valence-corrected chi connectivity index (χ2v) is 5.32. The van der Waals surface area contributed by atoms with Crippen LogP contribution in [0.4, 0.5) is 0 Å². The van der Waals surface area contributed by atoms with Gasteiger partial charge in [-0.15, -0.1) is 0 Å². The molecule has 0 spiro atoms. The number of rotatable bonds is 2. The van der Waals surface area contributed by atoms with Crippen LogP contribution in [0.2, 0.25) is 0 Å². The summed E-state index contributed by atoms with van der Waals surface area (Å²) in [4.78, 5) is 0. The van der Waals surface area contributed by atoms with E-state index in [4.69, 9.17) is 15.2 Å². The average Bonchev–Trinajstić information content (AvgIpc) is 2.87. The summed E-state index contributed by atoms with van der Waals surface area (Å²) in [5.41, 5.74) is 6.24. The molecule has 0 saturated heterocycles. The van der Waals surface area contributed by atoms with Crippen LogP contribution < -0.4 is 15.2 Å². The molecule has 2 aliphatic rings. The summed E-state index contributed by atoms with van der Waals surface area (Å²) in [5, 5.41) is 10.1. The summed E-state index contributed by atoms with van der Waals surface area (Å²) in [7, 11) is 0. The molecule has 0 aromatic heterocycles. The van der Waals surface area contributed by atoms with Crippen LogP contribution in [-0.4, -0.2) is 24.0 Å². The van der Waals surface area contributed by atoms with Crippen LogP contribution in [0, 0.1) is 0 Å². The van der Waals surface area contributed by atoms with Crippen molar-refractivity contribution in [1.82, 2.24) is 0 Å². The molecule has 3 rings (SSSR count). The fourth-order valence-electron chi connectivity index (χ4n) is 2.86. The molecule has 0 radical (unpaired) electrons. The van der Waals surface area contributed by atoms with Crippen molar-refractivity contribution in [1.29, 1.82) is 0 Å². The first-order valence-corrected chi connectivity index (χ1v) is 6.52. The van der Waals surface area contributed by atoms with E-state index in [-0.39, 0.29) is 0 Å². The van der Waals surface area contributed by atoms with E-state index in [9.17, 15) is 5.11 Å². The molecular formula is C14H19NO3. The summed E-state index contributed by atoms with van der Waals surface area (Å²) in [6.07, 6.45) is 3.52. The van der Waals surface area contributed by atoms with Crippen molar-refractivity contribution >= 4 is 0 Å². The summed E-state index contributed by atoms with van der Waals surface area (Å²) in [5.74, 6) is 2.16. The number of benzene rings is 1. The molecule has 4 heteroatoms. The molecule has 0 unspecified atom stereocenters. The van der Waals surface area contributed by atoms with E-state index < -0.39 is 5.60 Å². The molecule has 98 valence electrons. The quantitative estimate of drug-likeness (QED) is 0.838. The highest BCUT2D eigenvalue weighted by atomic mass is 16.7. The molecule has 1 saturated carbocycles. The minimum Gasteiger partial charge on any atom is -0.454 e. The van der Waals surface area contributed by atoms with Crippen molar-refractivity contribution < 1.29 is 14.6 Å². The van der Waals surface area contributed by atoms with Crippen LogP contribution >= 0.6 is 0 Å². The summed E-state index contributed by atoms with van der Waals surface area (Å²) >= 11 is 0. The first-order valence-electron chi connectivity index (χ1n) is 6.52. The molecular weight excluding hydrogens is 230 g/mol. The van der Waals surface area contributed by atoms with Gasteiger partial charge in [-0.25, -0.2) is 0 Å². The van der Waals surface area contributed by atoms with E-state index in [1.54, 1.807) is 0 Å². The third kappa shape index (κ3) is 2.06. The zero-order chi connectivity index (χ0) is 12.6. The Kier molecular flexibility index (Phi) is 2.92. The topological polar surface area (TPSA) is 64.7 Å². The maximum atomic E-state index is 10.1. The Morgan fingerprint density at radius 2 is 1.94 bits per heavy atom. The lowest BCUT2D eigenvalue weighted by atomic mass is 9.76. The first-order chi connectivity index (χ1) is 8.70. The molecule has 3 N–H and O–H groups in total. The third-order valence-electron chi connectivity index (χ3n) is 4.16. The molecule has 1 aliphatic heterocycles. The Morgan fingerprint density at radius 1 is 1.22 bits per heavy atom. The Bertz CT molecular complexity index is 439. The van der Waals surface area contributed by atoms with Gasteiger partial charge in [0.15, 0.2) is 11.5 Å². The molecule has 1 heterocycles. The predicted molar refractivity (Wildman–Crippen MR) is 67.8 cm³/mol. The van der Waals surface area contributed by atoms with Gasteiger partial charge in [-0.1, -0.05) is 6.07 Å². The molecule has 1 fully saturated rings. The molecule has 1 aromatic rings. The molecule has 4 nitrogen and oxygen atoms in total.